The Morgan fingerprint density at radius 3 is 2.75 bits per heavy atom. The summed E-state index contributed by atoms with van der Waals surface area (Å²) in [6.07, 6.45) is 1.83. The molecule has 0 saturated carbocycles. The maximum Gasteiger partial charge on any atom is 0.339 e. The van der Waals surface area contributed by atoms with Crippen LogP contribution in [0.1, 0.15) is 23.2 Å². The quantitative estimate of drug-likeness (QED) is 0.839. The van der Waals surface area contributed by atoms with Crippen LogP contribution in [-0.2, 0) is 9.53 Å². The number of nitrogens with one attached hydrogen (secondary N) is 2. The number of carbonyl (C=O) groups excluding carboxylic acids is 2. The molecule has 1 amide bonds. The van der Waals surface area contributed by atoms with E-state index in [1.807, 2.05) is 0 Å². The molecule has 1 atom stereocenters. The van der Waals surface area contributed by atoms with Crippen molar-refractivity contribution >= 4 is 41.6 Å². The number of amides is 1. The zero-order valence-corrected chi connectivity index (χ0v) is 12.5. The van der Waals surface area contributed by atoms with E-state index >= 15 is 0 Å². The van der Waals surface area contributed by atoms with Crippen molar-refractivity contribution in [2.45, 2.75) is 18.9 Å². The van der Waals surface area contributed by atoms with Crippen LogP contribution < -0.4 is 10.6 Å². The Kier molecular flexibility index (Phi) is 6.26. The molecule has 2 N–H and O–H groups in total. The minimum Gasteiger partial charge on any atom is -0.465 e. The number of hydrogen-bond acceptors (Lipinski definition) is 4. The molecule has 1 aromatic carbocycles. The monoisotopic (exact) mass is 318 g/mol. The average Bonchev–Trinajstić information content (AvgIpc) is 2.92. The predicted molar refractivity (Wildman–Crippen MR) is 79.7 cm³/mol. The summed E-state index contributed by atoms with van der Waals surface area (Å²) >= 11 is 5.98. The van der Waals surface area contributed by atoms with E-state index in [2.05, 4.69) is 15.4 Å². The number of esters is 1. The molecular weight excluding hydrogens is 303 g/mol. The highest BCUT2D eigenvalue weighted by atomic mass is 35.5. The van der Waals surface area contributed by atoms with Crippen LogP contribution >= 0.6 is 24.0 Å². The Bertz CT molecular complexity index is 502. The van der Waals surface area contributed by atoms with Gasteiger partial charge in [-0.25, -0.2) is 4.79 Å². The molecule has 0 aliphatic carbocycles. The Morgan fingerprint density at radius 1 is 1.45 bits per heavy atom. The van der Waals surface area contributed by atoms with Crippen molar-refractivity contribution in [1.29, 1.82) is 0 Å². The van der Waals surface area contributed by atoms with Gasteiger partial charge in [0.2, 0.25) is 5.91 Å². The summed E-state index contributed by atoms with van der Waals surface area (Å²) in [5.41, 5.74) is 0.845. The third-order valence-corrected chi connectivity index (χ3v) is 3.33. The summed E-state index contributed by atoms with van der Waals surface area (Å²) < 4.78 is 4.60. The molecule has 1 unspecified atom stereocenters. The molecule has 1 heterocycles. The van der Waals surface area contributed by atoms with Crippen LogP contribution in [0.3, 0.4) is 0 Å². The van der Waals surface area contributed by atoms with E-state index in [0.29, 0.717) is 5.69 Å². The minimum atomic E-state index is -0.500. The SMILES string of the molecule is COC(=O)c1ccc(NC(=O)C2CCCN2)cc1Cl.Cl. The zero-order chi connectivity index (χ0) is 13.8. The molecule has 1 aromatic rings. The molecule has 0 spiro atoms. The number of benzene rings is 1. The van der Waals surface area contributed by atoms with E-state index in [9.17, 15) is 9.59 Å². The van der Waals surface area contributed by atoms with E-state index in [0.717, 1.165) is 19.4 Å². The van der Waals surface area contributed by atoms with Gasteiger partial charge in [0.1, 0.15) is 0 Å². The number of anilines is 1. The molecule has 1 fully saturated rings. The molecule has 110 valence electrons. The molecule has 1 aliphatic rings. The number of halogens is 2. The molecule has 7 heteroatoms. The van der Waals surface area contributed by atoms with Crippen LogP contribution in [0.25, 0.3) is 0 Å². The highest BCUT2D eigenvalue weighted by Gasteiger charge is 2.22. The lowest BCUT2D eigenvalue weighted by Crippen LogP contribution is -2.35. The van der Waals surface area contributed by atoms with Gasteiger partial charge >= 0.3 is 5.97 Å². The van der Waals surface area contributed by atoms with Crippen molar-refractivity contribution in [2.24, 2.45) is 0 Å². The lowest BCUT2D eigenvalue weighted by molar-refractivity contribution is -0.117. The second kappa shape index (κ2) is 7.47. The summed E-state index contributed by atoms with van der Waals surface area (Å²) in [4.78, 5) is 23.3. The maximum atomic E-state index is 11.9. The second-order valence-corrected chi connectivity index (χ2v) is 4.73. The van der Waals surface area contributed by atoms with Crippen LogP contribution in [0.4, 0.5) is 5.69 Å². The van der Waals surface area contributed by atoms with Crippen LogP contribution in [0.5, 0.6) is 0 Å². The van der Waals surface area contributed by atoms with Gasteiger partial charge in [0.25, 0.3) is 0 Å². The fraction of sp³-hybridized carbons (Fsp3) is 0.385. The first kappa shape index (κ1) is 16.8. The smallest absolute Gasteiger partial charge is 0.339 e. The van der Waals surface area contributed by atoms with Gasteiger partial charge in [0.15, 0.2) is 0 Å². The number of ether oxygens (including phenoxy) is 1. The summed E-state index contributed by atoms with van der Waals surface area (Å²) in [6, 6.07) is 4.55. The summed E-state index contributed by atoms with van der Waals surface area (Å²) in [5.74, 6) is -0.584. The van der Waals surface area contributed by atoms with Crippen molar-refractivity contribution in [1.82, 2.24) is 5.32 Å². The van der Waals surface area contributed by atoms with Crippen LogP contribution in [0, 0.1) is 0 Å². The highest BCUT2D eigenvalue weighted by Crippen LogP contribution is 2.22. The Labute approximate surface area is 128 Å². The summed E-state index contributed by atoms with van der Waals surface area (Å²) in [6.45, 7) is 0.861. The van der Waals surface area contributed by atoms with Gasteiger partial charge < -0.3 is 15.4 Å². The van der Waals surface area contributed by atoms with Gasteiger partial charge in [-0.2, -0.15) is 0 Å². The second-order valence-electron chi connectivity index (χ2n) is 4.32. The Morgan fingerprint density at radius 2 is 2.20 bits per heavy atom. The molecule has 1 saturated heterocycles. The predicted octanol–water partition coefficient (Wildman–Crippen LogP) is 2.24. The lowest BCUT2D eigenvalue weighted by Gasteiger charge is -2.12. The van der Waals surface area contributed by atoms with Gasteiger partial charge in [0.05, 0.1) is 23.7 Å². The summed E-state index contributed by atoms with van der Waals surface area (Å²) in [7, 11) is 1.29. The largest absolute Gasteiger partial charge is 0.465 e. The van der Waals surface area contributed by atoms with Gasteiger partial charge in [-0.3, -0.25) is 4.79 Å². The van der Waals surface area contributed by atoms with Gasteiger partial charge in [-0.15, -0.1) is 12.4 Å². The standard InChI is InChI=1S/C13H15ClN2O3.ClH/c1-19-13(18)9-5-4-8(7-10(9)14)16-12(17)11-3-2-6-15-11;/h4-5,7,11,15H,2-3,6H2,1H3,(H,16,17);1H. The van der Waals surface area contributed by atoms with Gasteiger partial charge in [-0.05, 0) is 37.6 Å². The van der Waals surface area contributed by atoms with Crippen molar-refractivity contribution in [2.75, 3.05) is 19.0 Å². The fourth-order valence-electron chi connectivity index (χ4n) is 2.01. The first-order chi connectivity index (χ1) is 9.11. The molecule has 5 nitrogen and oxygen atoms in total. The molecule has 0 aromatic heterocycles. The van der Waals surface area contributed by atoms with Gasteiger partial charge in [0, 0.05) is 5.69 Å². The van der Waals surface area contributed by atoms with Crippen LogP contribution in [0.15, 0.2) is 18.2 Å². The number of carbonyl (C=O) groups is 2. The van der Waals surface area contributed by atoms with Crippen LogP contribution in [0.2, 0.25) is 5.02 Å². The topological polar surface area (TPSA) is 67.4 Å². The van der Waals surface area contributed by atoms with E-state index in [-0.39, 0.29) is 34.9 Å². The number of hydrogen-bond donors (Lipinski definition) is 2. The average molecular weight is 319 g/mol. The molecule has 2 rings (SSSR count). The normalized spacial score (nSPS) is 17.2. The molecule has 0 radical (unpaired) electrons. The van der Waals surface area contributed by atoms with E-state index < -0.39 is 5.97 Å². The van der Waals surface area contributed by atoms with Gasteiger partial charge in [-0.1, -0.05) is 11.6 Å². The minimum absolute atomic E-state index is 0. The molecular formula is C13H16Cl2N2O3. The Hall–Kier alpha value is -1.30. The van der Waals surface area contributed by atoms with Crippen molar-refractivity contribution in [3.05, 3.63) is 28.8 Å². The molecule has 0 bridgehead atoms. The summed E-state index contributed by atoms with van der Waals surface area (Å²) in [5, 5.41) is 6.14. The van der Waals surface area contributed by atoms with E-state index in [1.54, 1.807) is 12.1 Å². The number of rotatable bonds is 3. The Balaban J connectivity index is 0.00000200. The maximum absolute atomic E-state index is 11.9. The van der Waals surface area contributed by atoms with Crippen LogP contribution in [-0.4, -0.2) is 31.6 Å². The van der Waals surface area contributed by atoms with Crippen molar-refractivity contribution < 1.29 is 14.3 Å². The number of methoxy groups -OCH3 is 1. The zero-order valence-electron chi connectivity index (χ0n) is 10.9. The van der Waals surface area contributed by atoms with Crippen molar-refractivity contribution in [3.8, 4) is 0 Å². The highest BCUT2D eigenvalue weighted by molar-refractivity contribution is 6.34. The molecule has 20 heavy (non-hydrogen) atoms. The van der Waals surface area contributed by atoms with E-state index in [1.165, 1.54) is 13.2 Å². The first-order valence-corrected chi connectivity index (χ1v) is 6.41. The first-order valence-electron chi connectivity index (χ1n) is 6.04. The fourth-order valence-corrected chi connectivity index (χ4v) is 2.26. The lowest BCUT2D eigenvalue weighted by atomic mass is 10.2. The van der Waals surface area contributed by atoms with Crippen molar-refractivity contribution in [3.63, 3.8) is 0 Å². The third-order valence-electron chi connectivity index (χ3n) is 3.02. The molecule has 1 aliphatic heterocycles. The third kappa shape index (κ3) is 3.85. The van der Waals surface area contributed by atoms with E-state index in [4.69, 9.17) is 11.6 Å².